The molecule has 0 N–H and O–H groups in total. The summed E-state index contributed by atoms with van der Waals surface area (Å²) >= 11 is 0. The molecule has 0 heterocycles. The first-order valence-corrected chi connectivity index (χ1v) is 3.12. The molecule has 0 aromatic heterocycles. The summed E-state index contributed by atoms with van der Waals surface area (Å²) in [6.45, 7) is 0. The summed E-state index contributed by atoms with van der Waals surface area (Å²) in [6.07, 6.45) is 1.34. The van der Waals surface area contributed by atoms with Gasteiger partial charge in [0.05, 0.1) is 14.2 Å². The fourth-order valence-electron chi connectivity index (χ4n) is 0.552. The van der Waals surface area contributed by atoms with Crippen LogP contribution in [0.5, 0.6) is 0 Å². The highest BCUT2D eigenvalue weighted by atomic mass is 16.5. The maximum atomic E-state index is 10.9. The number of methoxy groups -OCH3 is 2. The van der Waals surface area contributed by atoms with Gasteiger partial charge >= 0.3 is 5.97 Å². The predicted molar refractivity (Wildman–Crippen MR) is 40.8 cm³/mol. The molecule has 64 valence electrons. The van der Waals surface area contributed by atoms with Crippen molar-refractivity contribution in [1.29, 1.82) is 0 Å². The number of carbonyl (C=O) groups excluding carboxylic acids is 1. The molecule has 0 amide bonds. The van der Waals surface area contributed by atoms with E-state index < -0.39 is 5.97 Å². The molecule has 0 aliphatic heterocycles. The second-order valence-electron chi connectivity index (χ2n) is 2.12. The standard InChI is InChI=1S/C7H13NO3/c1-8(2)6(5-10-3)7(9)11-4/h5H,1-4H3/b6-5-. The van der Waals surface area contributed by atoms with Gasteiger partial charge in [-0.15, -0.1) is 0 Å². The van der Waals surface area contributed by atoms with Gasteiger partial charge in [0.25, 0.3) is 0 Å². The number of carbonyl (C=O) groups is 1. The van der Waals surface area contributed by atoms with Crippen LogP contribution in [0.1, 0.15) is 0 Å². The van der Waals surface area contributed by atoms with E-state index in [1.54, 1.807) is 19.0 Å². The van der Waals surface area contributed by atoms with Crippen molar-refractivity contribution in [2.75, 3.05) is 28.3 Å². The highest BCUT2D eigenvalue weighted by Crippen LogP contribution is 2.00. The van der Waals surface area contributed by atoms with Gasteiger partial charge in [-0.05, 0) is 0 Å². The summed E-state index contributed by atoms with van der Waals surface area (Å²) < 4.78 is 9.18. The van der Waals surface area contributed by atoms with Crippen LogP contribution < -0.4 is 0 Å². The largest absolute Gasteiger partial charge is 0.502 e. The number of likely N-dealkylation sites (N-methyl/N-ethyl adjacent to an activating group) is 1. The normalized spacial score (nSPS) is 10.7. The number of rotatable bonds is 3. The molecule has 0 spiro atoms. The molecular weight excluding hydrogens is 146 g/mol. The fourth-order valence-corrected chi connectivity index (χ4v) is 0.552. The summed E-state index contributed by atoms with van der Waals surface area (Å²) in [7, 11) is 6.28. The maximum Gasteiger partial charge on any atom is 0.357 e. The van der Waals surface area contributed by atoms with Crippen LogP contribution in [0.3, 0.4) is 0 Å². The van der Waals surface area contributed by atoms with Crippen LogP contribution in [-0.4, -0.2) is 39.2 Å². The first kappa shape index (κ1) is 9.81. The van der Waals surface area contributed by atoms with Crippen molar-refractivity contribution in [1.82, 2.24) is 4.90 Å². The molecule has 0 aromatic carbocycles. The lowest BCUT2D eigenvalue weighted by atomic mass is 10.4. The van der Waals surface area contributed by atoms with Crippen LogP contribution in [0, 0.1) is 0 Å². The van der Waals surface area contributed by atoms with Gasteiger partial charge in [-0.25, -0.2) is 4.79 Å². The first-order chi connectivity index (χ1) is 5.13. The SMILES string of the molecule is CO/C=C(/C(=O)OC)N(C)C. The van der Waals surface area contributed by atoms with Gasteiger partial charge < -0.3 is 14.4 Å². The van der Waals surface area contributed by atoms with E-state index in [2.05, 4.69) is 9.47 Å². The van der Waals surface area contributed by atoms with Gasteiger partial charge in [0.15, 0.2) is 5.70 Å². The van der Waals surface area contributed by atoms with Crippen LogP contribution in [0.2, 0.25) is 0 Å². The zero-order valence-electron chi connectivity index (χ0n) is 7.25. The highest BCUT2D eigenvalue weighted by Gasteiger charge is 2.11. The summed E-state index contributed by atoms with van der Waals surface area (Å²) in [5.74, 6) is -0.406. The molecule has 0 aliphatic rings. The quantitative estimate of drug-likeness (QED) is 0.335. The molecule has 11 heavy (non-hydrogen) atoms. The number of ether oxygens (including phenoxy) is 2. The van der Waals surface area contributed by atoms with Gasteiger partial charge in [-0.1, -0.05) is 0 Å². The lowest BCUT2D eigenvalue weighted by molar-refractivity contribution is -0.137. The molecule has 0 unspecified atom stereocenters. The Morgan fingerprint density at radius 2 is 1.91 bits per heavy atom. The van der Waals surface area contributed by atoms with Crippen LogP contribution in [0.25, 0.3) is 0 Å². The highest BCUT2D eigenvalue weighted by molar-refractivity contribution is 5.87. The smallest absolute Gasteiger partial charge is 0.357 e. The van der Waals surface area contributed by atoms with E-state index >= 15 is 0 Å². The maximum absolute atomic E-state index is 10.9. The van der Waals surface area contributed by atoms with Crippen molar-refractivity contribution in [3.8, 4) is 0 Å². The topological polar surface area (TPSA) is 38.8 Å². The molecule has 4 heteroatoms. The molecule has 0 bridgehead atoms. The van der Waals surface area contributed by atoms with Gasteiger partial charge in [0.2, 0.25) is 0 Å². The van der Waals surface area contributed by atoms with Gasteiger partial charge in [-0.2, -0.15) is 0 Å². The zero-order chi connectivity index (χ0) is 8.85. The molecular formula is C7H13NO3. The van der Waals surface area contributed by atoms with Crippen molar-refractivity contribution in [2.45, 2.75) is 0 Å². The molecule has 0 rings (SSSR count). The van der Waals surface area contributed by atoms with Crippen molar-refractivity contribution >= 4 is 5.97 Å². The average Bonchev–Trinajstić information content (AvgIpc) is 1.98. The van der Waals surface area contributed by atoms with Crippen molar-refractivity contribution in [2.24, 2.45) is 0 Å². The minimum atomic E-state index is -0.406. The molecule has 0 radical (unpaired) electrons. The van der Waals surface area contributed by atoms with Crippen LogP contribution >= 0.6 is 0 Å². The lowest BCUT2D eigenvalue weighted by Gasteiger charge is -2.13. The second-order valence-corrected chi connectivity index (χ2v) is 2.12. The fraction of sp³-hybridized carbons (Fsp3) is 0.571. The monoisotopic (exact) mass is 159 g/mol. The second kappa shape index (κ2) is 4.60. The Labute approximate surface area is 66.4 Å². The Bertz CT molecular complexity index is 163. The number of nitrogens with zero attached hydrogens (tertiary/aromatic N) is 1. The summed E-state index contributed by atoms with van der Waals surface area (Å²) in [6, 6.07) is 0. The molecule has 0 atom stereocenters. The van der Waals surface area contributed by atoms with Crippen LogP contribution in [-0.2, 0) is 14.3 Å². The predicted octanol–water partition coefficient (Wildman–Crippen LogP) is 0.209. The summed E-state index contributed by atoms with van der Waals surface area (Å²) in [5, 5.41) is 0. The molecule has 0 saturated heterocycles. The van der Waals surface area contributed by atoms with E-state index in [1.165, 1.54) is 20.5 Å². The Balaban J connectivity index is 4.34. The Morgan fingerprint density at radius 1 is 1.36 bits per heavy atom. The van der Waals surface area contributed by atoms with Crippen molar-refractivity contribution < 1.29 is 14.3 Å². The zero-order valence-corrected chi connectivity index (χ0v) is 7.25. The third-order valence-corrected chi connectivity index (χ3v) is 1.11. The van der Waals surface area contributed by atoms with E-state index in [1.807, 2.05) is 0 Å². The minimum absolute atomic E-state index is 0.384. The van der Waals surface area contributed by atoms with E-state index in [4.69, 9.17) is 0 Å². The van der Waals surface area contributed by atoms with E-state index in [-0.39, 0.29) is 0 Å². The third-order valence-electron chi connectivity index (χ3n) is 1.11. The molecule has 0 aliphatic carbocycles. The van der Waals surface area contributed by atoms with E-state index in [9.17, 15) is 4.79 Å². The Morgan fingerprint density at radius 3 is 2.18 bits per heavy atom. The van der Waals surface area contributed by atoms with E-state index in [0.717, 1.165) is 0 Å². The molecule has 0 aromatic rings. The van der Waals surface area contributed by atoms with Gasteiger partial charge in [0, 0.05) is 14.1 Å². The van der Waals surface area contributed by atoms with Gasteiger partial charge in [0.1, 0.15) is 6.26 Å². The number of hydrogen-bond donors (Lipinski definition) is 0. The summed E-state index contributed by atoms with van der Waals surface area (Å²) in [4.78, 5) is 12.6. The molecule has 0 fully saturated rings. The van der Waals surface area contributed by atoms with E-state index in [0.29, 0.717) is 5.70 Å². The number of hydrogen-bond acceptors (Lipinski definition) is 4. The summed E-state index contributed by atoms with van der Waals surface area (Å²) in [5.41, 5.74) is 0.384. The van der Waals surface area contributed by atoms with Crippen molar-refractivity contribution in [3.63, 3.8) is 0 Å². The molecule has 0 saturated carbocycles. The lowest BCUT2D eigenvalue weighted by Crippen LogP contribution is -2.20. The number of esters is 1. The van der Waals surface area contributed by atoms with Crippen molar-refractivity contribution in [3.05, 3.63) is 12.0 Å². The third kappa shape index (κ3) is 2.93. The Hall–Kier alpha value is -1.19. The Kier molecular flexibility index (Phi) is 4.10. The molecule has 4 nitrogen and oxygen atoms in total. The average molecular weight is 159 g/mol. The van der Waals surface area contributed by atoms with Crippen LogP contribution in [0.15, 0.2) is 12.0 Å². The van der Waals surface area contributed by atoms with Crippen LogP contribution in [0.4, 0.5) is 0 Å². The van der Waals surface area contributed by atoms with Gasteiger partial charge in [-0.3, -0.25) is 0 Å². The minimum Gasteiger partial charge on any atom is -0.502 e. The first-order valence-electron chi connectivity index (χ1n) is 3.12.